The second-order valence-corrected chi connectivity index (χ2v) is 8.06. The average Bonchev–Trinajstić information content (AvgIpc) is 2.83. The summed E-state index contributed by atoms with van der Waals surface area (Å²) in [4.78, 5) is 8.93. The molecular formula is C24H32FIN4O2. The van der Waals surface area contributed by atoms with Crippen LogP contribution in [0.2, 0.25) is 0 Å². The van der Waals surface area contributed by atoms with Crippen molar-refractivity contribution in [2.75, 3.05) is 44.3 Å². The normalized spacial score (nSPS) is 17.8. The van der Waals surface area contributed by atoms with Crippen LogP contribution in [0.1, 0.15) is 24.0 Å². The summed E-state index contributed by atoms with van der Waals surface area (Å²) < 4.78 is 24.5. The van der Waals surface area contributed by atoms with Crippen LogP contribution in [0.25, 0.3) is 0 Å². The van der Waals surface area contributed by atoms with Gasteiger partial charge in [-0.1, -0.05) is 24.3 Å². The third-order valence-corrected chi connectivity index (χ3v) is 5.90. The number of piperazine rings is 1. The van der Waals surface area contributed by atoms with E-state index in [2.05, 4.69) is 39.1 Å². The lowest BCUT2D eigenvalue weighted by Gasteiger charge is -2.36. The third-order valence-electron chi connectivity index (χ3n) is 5.90. The molecule has 2 N–H and O–H groups in total. The zero-order valence-corrected chi connectivity index (χ0v) is 20.6. The van der Waals surface area contributed by atoms with Crippen molar-refractivity contribution < 1.29 is 13.9 Å². The summed E-state index contributed by atoms with van der Waals surface area (Å²) in [6.07, 6.45) is 2.26. The summed E-state index contributed by atoms with van der Waals surface area (Å²) in [6.45, 7) is 6.06. The van der Waals surface area contributed by atoms with Gasteiger partial charge in [0.1, 0.15) is 5.82 Å². The molecule has 174 valence electrons. The van der Waals surface area contributed by atoms with E-state index in [1.807, 2.05) is 12.1 Å². The second kappa shape index (κ2) is 12.4. The molecule has 0 unspecified atom stereocenters. The fourth-order valence-electron chi connectivity index (χ4n) is 3.92. The molecule has 0 aromatic heterocycles. The molecule has 8 heteroatoms. The summed E-state index contributed by atoms with van der Waals surface area (Å²) in [5.41, 5.74) is 9.58. The van der Waals surface area contributed by atoms with Crippen LogP contribution in [0.3, 0.4) is 0 Å². The van der Waals surface area contributed by atoms with E-state index in [4.69, 9.17) is 15.2 Å². The van der Waals surface area contributed by atoms with Crippen molar-refractivity contribution in [3.05, 3.63) is 65.5 Å². The lowest BCUT2D eigenvalue weighted by atomic mass is 10.1. The molecule has 2 aromatic carbocycles. The van der Waals surface area contributed by atoms with Crippen LogP contribution in [0.5, 0.6) is 0 Å². The largest absolute Gasteiger partial charge is 0.381 e. The fraction of sp³-hybridized carbons (Fsp3) is 0.458. The van der Waals surface area contributed by atoms with Gasteiger partial charge in [0.05, 0.1) is 19.3 Å². The van der Waals surface area contributed by atoms with Gasteiger partial charge in [-0.15, -0.1) is 24.0 Å². The van der Waals surface area contributed by atoms with E-state index >= 15 is 0 Å². The number of hydrogen-bond acceptors (Lipinski definition) is 4. The topological polar surface area (TPSA) is 63.3 Å². The van der Waals surface area contributed by atoms with E-state index in [1.54, 1.807) is 0 Å². The molecule has 2 fully saturated rings. The number of halogens is 2. The maximum absolute atomic E-state index is 13.1. The van der Waals surface area contributed by atoms with Gasteiger partial charge in [-0.2, -0.15) is 0 Å². The second-order valence-electron chi connectivity index (χ2n) is 8.06. The highest BCUT2D eigenvalue weighted by Gasteiger charge is 2.18. The van der Waals surface area contributed by atoms with Crippen LogP contribution >= 0.6 is 24.0 Å². The number of nitrogens with two attached hydrogens (primary N) is 1. The summed E-state index contributed by atoms with van der Waals surface area (Å²) in [5, 5.41) is 0. The first kappa shape index (κ1) is 24.7. The van der Waals surface area contributed by atoms with E-state index in [-0.39, 0.29) is 29.8 Å². The van der Waals surface area contributed by atoms with Crippen molar-refractivity contribution >= 4 is 35.6 Å². The summed E-state index contributed by atoms with van der Waals surface area (Å²) in [7, 11) is 0. The Morgan fingerprint density at radius 2 is 1.59 bits per heavy atom. The Morgan fingerprint density at radius 3 is 2.25 bits per heavy atom. The first-order valence-electron chi connectivity index (χ1n) is 11.0. The molecule has 2 aromatic rings. The first-order chi connectivity index (χ1) is 15.2. The van der Waals surface area contributed by atoms with Gasteiger partial charge in [-0.05, 0) is 48.2 Å². The molecule has 0 amide bonds. The number of nitrogens with zero attached hydrogens (tertiary/aromatic N) is 3. The van der Waals surface area contributed by atoms with Gasteiger partial charge < -0.3 is 25.0 Å². The maximum Gasteiger partial charge on any atom is 0.191 e. The highest BCUT2D eigenvalue weighted by molar-refractivity contribution is 14.0. The Bertz CT molecular complexity index is 849. The Balaban J connectivity index is 0.00000289. The lowest BCUT2D eigenvalue weighted by molar-refractivity contribution is -0.0390. The molecule has 32 heavy (non-hydrogen) atoms. The Kier molecular flexibility index (Phi) is 9.55. The van der Waals surface area contributed by atoms with E-state index in [0.717, 1.165) is 63.5 Å². The number of ether oxygens (including phenoxy) is 2. The number of anilines is 1. The Morgan fingerprint density at radius 1 is 0.969 bits per heavy atom. The standard InChI is InChI=1S/C24H31FN4O2.HI/c25-21-5-7-22(8-6-21)28-11-13-29(14-12-28)24(26)27-17-19-1-3-20(4-2-19)18-31-23-9-15-30-16-10-23;/h1-8,23H,9-18H2,(H2,26,27);1H. The van der Waals surface area contributed by atoms with Gasteiger partial charge in [0.25, 0.3) is 0 Å². The van der Waals surface area contributed by atoms with Crippen molar-refractivity contribution in [1.82, 2.24) is 4.90 Å². The molecule has 0 aliphatic carbocycles. The van der Waals surface area contributed by atoms with Crippen LogP contribution in [-0.2, 0) is 22.6 Å². The molecule has 2 aliphatic rings. The molecule has 0 atom stereocenters. The summed E-state index contributed by atoms with van der Waals surface area (Å²) in [6, 6.07) is 15.0. The summed E-state index contributed by atoms with van der Waals surface area (Å²) in [5.74, 6) is 0.365. The van der Waals surface area contributed by atoms with Crippen molar-refractivity contribution in [3.8, 4) is 0 Å². The van der Waals surface area contributed by atoms with Crippen LogP contribution in [-0.4, -0.2) is 56.4 Å². The van der Waals surface area contributed by atoms with E-state index in [1.165, 1.54) is 17.7 Å². The third kappa shape index (κ3) is 7.05. The molecule has 2 aliphatic heterocycles. The molecule has 0 spiro atoms. The highest BCUT2D eigenvalue weighted by Crippen LogP contribution is 2.17. The quantitative estimate of drug-likeness (QED) is 0.335. The minimum atomic E-state index is -0.210. The fourth-order valence-corrected chi connectivity index (χ4v) is 3.92. The molecule has 6 nitrogen and oxygen atoms in total. The van der Waals surface area contributed by atoms with Gasteiger partial charge in [0.2, 0.25) is 0 Å². The minimum absolute atomic E-state index is 0. The molecule has 4 rings (SSSR count). The Hall–Kier alpha value is -1.91. The number of rotatable bonds is 6. The van der Waals surface area contributed by atoms with Gasteiger partial charge in [0.15, 0.2) is 5.96 Å². The molecule has 0 saturated carbocycles. The van der Waals surface area contributed by atoms with Gasteiger partial charge >= 0.3 is 0 Å². The highest BCUT2D eigenvalue weighted by atomic mass is 127. The maximum atomic E-state index is 13.1. The molecule has 2 saturated heterocycles. The molecule has 0 bridgehead atoms. The molecular weight excluding hydrogens is 522 g/mol. The molecule has 0 radical (unpaired) electrons. The number of benzene rings is 2. The van der Waals surface area contributed by atoms with E-state index < -0.39 is 0 Å². The van der Waals surface area contributed by atoms with Crippen LogP contribution < -0.4 is 10.6 Å². The first-order valence-corrected chi connectivity index (χ1v) is 11.0. The van der Waals surface area contributed by atoms with Gasteiger partial charge in [0, 0.05) is 45.1 Å². The minimum Gasteiger partial charge on any atom is -0.381 e. The summed E-state index contributed by atoms with van der Waals surface area (Å²) >= 11 is 0. The van der Waals surface area contributed by atoms with Gasteiger partial charge in [-0.3, -0.25) is 0 Å². The van der Waals surface area contributed by atoms with Gasteiger partial charge in [-0.25, -0.2) is 9.38 Å². The van der Waals surface area contributed by atoms with Crippen LogP contribution in [0.15, 0.2) is 53.5 Å². The van der Waals surface area contributed by atoms with Crippen LogP contribution in [0.4, 0.5) is 10.1 Å². The Labute approximate surface area is 206 Å². The van der Waals surface area contributed by atoms with Crippen molar-refractivity contribution in [2.45, 2.75) is 32.1 Å². The monoisotopic (exact) mass is 554 g/mol. The predicted molar refractivity (Wildman–Crippen MR) is 136 cm³/mol. The zero-order chi connectivity index (χ0) is 21.5. The lowest BCUT2D eigenvalue weighted by Crippen LogP contribution is -2.51. The SMILES string of the molecule is I.NC(=NCc1ccc(COC2CCOCC2)cc1)N1CCN(c2ccc(F)cc2)CC1. The van der Waals surface area contributed by atoms with E-state index in [9.17, 15) is 4.39 Å². The number of hydrogen-bond donors (Lipinski definition) is 1. The van der Waals surface area contributed by atoms with E-state index in [0.29, 0.717) is 25.2 Å². The average molecular weight is 554 g/mol. The zero-order valence-electron chi connectivity index (χ0n) is 18.3. The smallest absolute Gasteiger partial charge is 0.191 e. The van der Waals surface area contributed by atoms with Crippen molar-refractivity contribution in [1.29, 1.82) is 0 Å². The number of aliphatic imine (C=N–C) groups is 1. The predicted octanol–water partition coefficient (Wildman–Crippen LogP) is 3.78. The molecule has 2 heterocycles. The number of guanidine groups is 1. The van der Waals surface area contributed by atoms with Crippen LogP contribution in [0, 0.1) is 5.82 Å². The van der Waals surface area contributed by atoms with Crippen molar-refractivity contribution in [2.24, 2.45) is 10.7 Å². The van der Waals surface area contributed by atoms with Crippen molar-refractivity contribution in [3.63, 3.8) is 0 Å².